The number of benzene rings is 2. The smallest absolute Gasteiger partial charge is 0.247 e. The van der Waals surface area contributed by atoms with Gasteiger partial charge in [-0.1, -0.05) is 72.0 Å². The minimum Gasteiger partial charge on any atom is -1.00 e. The number of H-pyrrole nitrogens is 1. The molecular weight excluding hydrogens is 436 g/mol. The van der Waals surface area contributed by atoms with Crippen molar-refractivity contribution >= 4 is 11.3 Å². The van der Waals surface area contributed by atoms with Crippen molar-refractivity contribution in [1.29, 1.82) is 0 Å². The lowest BCUT2D eigenvalue weighted by Crippen LogP contribution is -3.00. The van der Waals surface area contributed by atoms with E-state index < -0.39 is 0 Å². The van der Waals surface area contributed by atoms with E-state index in [0.717, 1.165) is 13.0 Å². The number of thiazole rings is 1. The minimum atomic E-state index is 0. The topological polar surface area (TPSA) is 41.8 Å². The quantitative estimate of drug-likeness (QED) is 0.415. The third kappa shape index (κ3) is 4.98. The van der Waals surface area contributed by atoms with E-state index in [0.29, 0.717) is 0 Å². The van der Waals surface area contributed by atoms with Crippen LogP contribution in [0.4, 0.5) is 0 Å². The monoisotopic (exact) mass is 454 g/mol. The van der Waals surface area contributed by atoms with Crippen molar-refractivity contribution in [3.8, 4) is 0 Å². The molecule has 5 heteroatoms. The van der Waals surface area contributed by atoms with Crippen LogP contribution in [-0.2, 0) is 6.42 Å². The van der Waals surface area contributed by atoms with Crippen LogP contribution in [0.1, 0.15) is 27.7 Å². The van der Waals surface area contributed by atoms with Crippen LogP contribution in [0, 0.1) is 0 Å². The first-order valence-electron chi connectivity index (χ1n) is 7.27. The fourth-order valence-corrected chi connectivity index (χ4v) is 3.63. The van der Waals surface area contributed by atoms with Gasteiger partial charge in [0.05, 0.1) is 18.3 Å². The van der Waals surface area contributed by atoms with Gasteiger partial charge in [-0.3, -0.25) is 0 Å². The molecule has 0 aliphatic heterocycles. The summed E-state index contributed by atoms with van der Waals surface area (Å²) in [6, 6.07) is 21.4. The molecule has 3 rings (SSSR count). The summed E-state index contributed by atoms with van der Waals surface area (Å²) < 4.78 is 0. The highest BCUT2D eigenvalue weighted by Gasteiger charge is 2.24. The maximum atomic E-state index is 3.94. The Hall–Kier alpha value is -1.01. The van der Waals surface area contributed by atoms with Gasteiger partial charge in [-0.2, -0.15) is 0 Å². The van der Waals surface area contributed by atoms with Crippen molar-refractivity contribution in [3.63, 3.8) is 0 Å². The number of quaternary nitrogens is 1. The van der Waals surface area contributed by atoms with E-state index in [1.54, 1.807) is 11.3 Å². The maximum absolute atomic E-state index is 3.94. The van der Waals surface area contributed by atoms with Gasteiger partial charge in [0, 0.05) is 0 Å². The molecule has 2 nitrogen and oxygen atoms in total. The molecule has 0 aliphatic carbocycles. The van der Waals surface area contributed by atoms with Gasteiger partial charge in [0.1, 0.15) is 5.92 Å². The molecule has 0 radical (unpaired) electrons. The Bertz CT molecular complexity index is 647. The van der Waals surface area contributed by atoms with Gasteiger partial charge >= 0.3 is 0 Å². The average molecular weight is 456 g/mol. The minimum absolute atomic E-state index is 0. The molecule has 1 heterocycles. The summed E-state index contributed by atoms with van der Waals surface area (Å²) in [6.07, 6.45) is 1.01. The fourth-order valence-electron chi connectivity index (χ4n) is 2.59. The highest BCUT2D eigenvalue weighted by molar-refractivity contribution is 7.09. The molecule has 0 fully saturated rings. The second-order valence-corrected chi connectivity index (χ2v) is 6.02. The molecule has 0 amide bonds. The van der Waals surface area contributed by atoms with Gasteiger partial charge in [0.15, 0.2) is 5.69 Å². The molecule has 0 aliphatic rings. The molecule has 122 valence electrons. The van der Waals surface area contributed by atoms with Gasteiger partial charge in [0.2, 0.25) is 5.01 Å². The number of hydrogen-bond donors (Lipinski definition) is 1. The Morgan fingerprint density at radius 2 is 1.39 bits per heavy atom. The van der Waals surface area contributed by atoms with Crippen LogP contribution in [0.25, 0.3) is 0 Å². The summed E-state index contributed by atoms with van der Waals surface area (Å²) in [7, 11) is 0. The zero-order chi connectivity index (χ0) is 14.5. The highest BCUT2D eigenvalue weighted by atomic mass is 79.9. The Morgan fingerprint density at radius 1 is 0.870 bits per heavy atom. The van der Waals surface area contributed by atoms with Crippen LogP contribution < -0.4 is 44.7 Å². The molecule has 2 aromatic carbocycles. The molecule has 0 bridgehead atoms. The fraction of sp³-hybridized carbons (Fsp3) is 0.167. The van der Waals surface area contributed by atoms with E-state index in [-0.39, 0.29) is 39.9 Å². The van der Waals surface area contributed by atoms with E-state index in [1.165, 1.54) is 21.8 Å². The lowest BCUT2D eigenvalue weighted by Gasteiger charge is -2.12. The van der Waals surface area contributed by atoms with Crippen molar-refractivity contribution in [2.24, 2.45) is 0 Å². The number of aromatic nitrogens is 1. The molecule has 0 spiro atoms. The summed E-state index contributed by atoms with van der Waals surface area (Å²) in [6.45, 7) is 0.925. The summed E-state index contributed by atoms with van der Waals surface area (Å²) in [4.78, 5) is 3.59. The molecule has 0 atom stereocenters. The SMILES string of the molecule is [Br-].[Br-].[NH3+]CCc1csc(C(c2ccccc2)c2ccccc2)[nH+]1. The van der Waals surface area contributed by atoms with E-state index in [9.17, 15) is 0 Å². The van der Waals surface area contributed by atoms with Gasteiger partial charge in [-0.25, -0.2) is 4.98 Å². The lowest BCUT2D eigenvalue weighted by atomic mass is 9.92. The second kappa shape index (κ2) is 9.98. The summed E-state index contributed by atoms with van der Waals surface area (Å²) in [5, 5.41) is 3.51. The van der Waals surface area contributed by atoms with Crippen molar-refractivity contribution in [2.45, 2.75) is 12.3 Å². The Balaban J connectivity index is 0.00000132. The molecule has 0 saturated carbocycles. The zero-order valence-electron chi connectivity index (χ0n) is 12.7. The van der Waals surface area contributed by atoms with Gasteiger partial charge < -0.3 is 39.7 Å². The van der Waals surface area contributed by atoms with Crippen molar-refractivity contribution < 1.29 is 44.7 Å². The second-order valence-electron chi connectivity index (χ2n) is 5.11. The third-order valence-corrected chi connectivity index (χ3v) is 4.58. The van der Waals surface area contributed by atoms with Crippen LogP contribution in [0.15, 0.2) is 66.0 Å². The van der Waals surface area contributed by atoms with Crippen molar-refractivity contribution in [2.75, 3.05) is 6.54 Å². The number of aromatic amines is 1. The van der Waals surface area contributed by atoms with Crippen molar-refractivity contribution in [1.82, 2.24) is 0 Å². The van der Waals surface area contributed by atoms with Crippen molar-refractivity contribution in [3.05, 3.63) is 87.9 Å². The highest BCUT2D eigenvalue weighted by Crippen LogP contribution is 2.31. The molecule has 0 saturated heterocycles. The molecule has 0 unspecified atom stereocenters. The number of rotatable bonds is 5. The molecular formula is C18H20Br2N2S. The first-order chi connectivity index (χ1) is 10.4. The van der Waals surface area contributed by atoms with Gasteiger partial charge in [0.25, 0.3) is 0 Å². The normalized spacial score (nSPS) is 10.0. The summed E-state index contributed by atoms with van der Waals surface area (Å²) in [5.74, 6) is 0.274. The average Bonchev–Trinajstić information content (AvgIpc) is 2.98. The van der Waals surface area contributed by atoms with Crippen LogP contribution in [-0.4, -0.2) is 6.54 Å². The molecule has 4 N–H and O–H groups in total. The number of nitrogens with one attached hydrogen (secondary N) is 1. The van der Waals surface area contributed by atoms with E-state index in [2.05, 4.69) is 76.8 Å². The Morgan fingerprint density at radius 3 is 1.87 bits per heavy atom. The van der Waals surface area contributed by atoms with Crippen LogP contribution in [0.3, 0.4) is 0 Å². The van der Waals surface area contributed by atoms with E-state index >= 15 is 0 Å². The van der Waals surface area contributed by atoms with E-state index in [4.69, 9.17) is 0 Å². The van der Waals surface area contributed by atoms with Gasteiger partial charge in [-0.15, -0.1) is 0 Å². The summed E-state index contributed by atoms with van der Waals surface area (Å²) in [5.41, 5.74) is 7.86. The Labute approximate surface area is 162 Å². The predicted octanol–water partition coefficient (Wildman–Crippen LogP) is -3.47. The first-order valence-corrected chi connectivity index (χ1v) is 8.15. The number of hydrogen-bond acceptors (Lipinski definition) is 1. The molecule has 1 aromatic heterocycles. The number of halogens is 2. The first kappa shape index (κ1) is 20.0. The van der Waals surface area contributed by atoms with E-state index in [1.807, 2.05) is 0 Å². The lowest BCUT2D eigenvalue weighted by molar-refractivity contribution is -0.409. The standard InChI is InChI=1S/C18H18N2S.2BrH/c19-12-11-16-13-21-18(20-16)17(14-7-3-1-4-8-14)15-9-5-2-6-10-15;;/h1-10,13,17H,11-12,19H2;2*1H. The maximum Gasteiger partial charge on any atom is 0.247 e. The van der Waals surface area contributed by atoms with Crippen LogP contribution in [0.5, 0.6) is 0 Å². The molecule has 23 heavy (non-hydrogen) atoms. The van der Waals surface area contributed by atoms with Gasteiger partial charge in [-0.05, 0) is 11.1 Å². The molecule has 3 aromatic rings. The third-order valence-electron chi connectivity index (χ3n) is 3.59. The summed E-state index contributed by atoms with van der Waals surface area (Å²) >= 11 is 1.80. The van der Waals surface area contributed by atoms with Crippen LogP contribution >= 0.6 is 11.3 Å². The largest absolute Gasteiger partial charge is 1.00 e. The zero-order valence-corrected chi connectivity index (χ0v) is 16.7. The Kier molecular flexibility index (Phi) is 8.69. The predicted molar refractivity (Wildman–Crippen MR) is 86.2 cm³/mol. The van der Waals surface area contributed by atoms with Crippen LogP contribution in [0.2, 0.25) is 0 Å².